The van der Waals surface area contributed by atoms with Gasteiger partial charge in [-0.05, 0) is 91.6 Å². The standard InChI is InChI=1S/C35H36ClN3OS/c1-20-10-12-25(13-11-20)41-19-24-15-26(22(3)14-21(24)2)32-27(18-37)34(38)39(29-9-7-8-28(36)23(29)4)30-16-35(5,6)17-31(40)33(30)32/h7-15,32H,16-17,19,38H2,1-6H3. The zero-order valence-electron chi connectivity index (χ0n) is 24.6. The Labute approximate surface area is 252 Å². The molecule has 1 atom stereocenters. The number of Topliss-reactive ketones (excluding diaryl/α,β-unsaturated/α-hetero) is 1. The smallest absolute Gasteiger partial charge is 0.162 e. The maximum atomic E-state index is 14.0. The van der Waals surface area contributed by atoms with E-state index in [9.17, 15) is 10.1 Å². The van der Waals surface area contributed by atoms with Gasteiger partial charge in [0.1, 0.15) is 5.82 Å². The van der Waals surface area contributed by atoms with Gasteiger partial charge in [-0.1, -0.05) is 61.3 Å². The summed E-state index contributed by atoms with van der Waals surface area (Å²) in [4.78, 5) is 17.2. The molecular formula is C35H36ClN3OS. The van der Waals surface area contributed by atoms with Crippen LogP contribution >= 0.6 is 23.4 Å². The van der Waals surface area contributed by atoms with Crippen molar-refractivity contribution in [2.24, 2.45) is 11.1 Å². The highest BCUT2D eigenvalue weighted by molar-refractivity contribution is 7.98. The highest BCUT2D eigenvalue weighted by Gasteiger charge is 2.45. The van der Waals surface area contributed by atoms with Gasteiger partial charge in [-0.3, -0.25) is 9.69 Å². The summed E-state index contributed by atoms with van der Waals surface area (Å²) in [6.07, 6.45) is 1.08. The molecule has 0 amide bonds. The van der Waals surface area contributed by atoms with Crippen molar-refractivity contribution in [3.05, 3.63) is 116 Å². The molecule has 41 heavy (non-hydrogen) atoms. The number of nitrogens with two attached hydrogens (primary N) is 1. The van der Waals surface area contributed by atoms with E-state index >= 15 is 0 Å². The van der Waals surface area contributed by atoms with Crippen molar-refractivity contribution in [1.29, 1.82) is 5.26 Å². The van der Waals surface area contributed by atoms with E-state index in [4.69, 9.17) is 17.3 Å². The van der Waals surface area contributed by atoms with Gasteiger partial charge in [0.05, 0.1) is 23.2 Å². The third kappa shape index (κ3) is 5.44. The Bertz CT molecular complexity index is 1660. The summed E-state index contributed by atoms with van der Waals surface area (Å²) in [6.45, 7) is 12.5. The van der Waals surface area contributed by atoms with Crippen molar-refractivity contribution in [2.45, 2.75) is 71.0 Å². The summed E-state index contributed by atoms with van der Waals surface area (Å²) in [5.41, 5.74) is 15.9. The number of hydrogen-bond acceptors (Lipinski definition) is 5. The number of carbonyl (C=O) groups excluding carboxylic acids is 1. The second-order valence-corrected chi connectivity index (χ2v) is 13.6. The number of nitrogens with zero attached hydrogens (tertiary/aromatic N) is 2. The first kappa shape index (κ1) is 29.0. The second-order valence-electron chi connectivity index (χ2n) is 12.1. The van der Waals surface area contributed by atoms with Gasteiger partial charge in [0.25, 0.3) is 0 Å². The summed E-state index contributed by atoms with van der Waals surface area (Å²) in [6, 6.07) is 21.0. The molecule has 5 rings (SSSR count). The number of halogens is 1. The van der Waals surface area contributed by atoms with Crippen molar-refractivity contribution in [1.82, 2.24) is 0 Å². The molecule has 3 aromatic rings. The molecule has 1 aliphatic heterocycles. The zero-order valence-corrected chi connectivity index (χ0v) is 26.1. The molecule has 3 aromatic carbocycles. The van der Waals surface area contributed by atoms with Crippen LogP contribution in [0.15, 0.2) is 82.2 Å². The average molecular weight is 582 g/mol. The molecule has 0 spiro atoms. The lowest BCUT2D eigenvalue weighted by Gasteiger charge is -2.44. The van der Waals surface area contributed by atoms with Gasteiger partial charge in [0, 0.05) is 33.4 Å². The first-order chi connectivity index (χ1) is 19.4. The van der Waals surface area contributed by atoms with Crippen LogP contribution in [0, 0.1) is 44.4 Å². The Morgan fingerprint density at radius 1 is 1.05 bits per heavy atom. The molecule has 2 aliphatic rings. The summed E-state index contributed by atoms with van der Waals surface area (Å²) < 4.78 is 0. The third-order valence-corrected chi connectivity index (χ3v) is 9.78. The van der Waals surface area contributed by atoms with Crippen molar-refractivity contribution >= 4 is 34.8 Å². The largest absolute Gasteiger partial charge is 0.384 e. The minimum absolute atomic E-state index is 0.0711. The highest BCUT2D eigenvalue weighted by atomic mass is 35.5. The van der Waals surface area contributed by atoms with Gasteiger partial charge in [-0.15, -0.1) is 11.8 Å². The molecular weight excluding hydrogens is 546 g/mol. The van der Waals surface area contributed by atoms with Crippen molar-refractivity contribution in [2.75, 3.05) is 4.90 Å². The van der Waals surface area contributed by atoms with Crippen LogP contribution in [-0.2, 0) is 10.5 Å². The maximum absolute atomic E-state index is 14.0. The number of hydrogen-bond donors (Lipinski definition) is 1. The van der Waals surface area contributed by atoms with E-state index < -0.39 is 5.92 Å². The quantitative estimate of drug-likeness (QED) is 0.305. The molecule has 1 heterocycles. The van der Waals surface area contributed by atoms with E-state index in [0.717, 1.165) is 33.8 Å². The van der Waals surface area contributed by atoms with Crippen molar-refractivity contribution < 1.29 is 4.79 Å². The molecule has 0 bridgehead atoms. The molecule has 0 fully saturated rings. The lowest BCUT2D eigenvalue weighted by Crippen LogP contribution is -2.42. The predicted octanol–water partition coefficient (Wildman–Crippen LogP) is 8.81. The Morgan fingerprint density at radius 2 is 1.76 bits per heavy atom. The van der Waals surface area contributed by atoms with Crippen LogP contribution in [0.1, 0.15) is 66.0 Å². The lowest BCUT2D eigenvalue weighted by atomic mass is 9.68. The first-order valence-electron chi connectivity index (χ1n) is 13.9. The van der Waals surface area contributed by atoms with E-state index in [1.165, 1.54) is 21.6 Å². The molecule has 6 heteroatoms. The predicted molar refractivity (Wildman–Crippen MR) is 170 cm³/mol. The minimum Gasteiger partial charge on any atom is -0.384 e. The topological polar surface area (TPSA) is 70.1 Å². The maximum Gasteiger partial charge on any atom is 0.162 e. The van der Waals surface area contributed by atoms with Gasteiger partial charge >= 0.3 is 0 Å². The number of anilines is 1. The molecule has 0 aromatic heterocycles. The van der Waals surface area contributed by atoms with E-state index in [1.807, 2.05) is 30.0 Å². The first-order valence-corrected chi connectivity index (χ1v) is 15.3. The molecule has 4 nitrogen and oxygen atoms in total. The van der Waals surface area contributed by atoms with Gasteiger partial charge < -0.3 is 5.73 Å². The number of carbonyl (C=O) groups is 1. The number of aryl methyl sites for hydroxylation is 3. The Balaban J connectivity index is 1.68. The minimum atomic E-state index is -0.516. The number of thioether (sulfide) groups is 1. The van der Waals surface area contributed by atoms with Crippen LogP contribution in [0.25, 0.3) is 0 Å². The molecule has 0 radical (unpaired) electrons. The van der Waals surface area contributed by atoms with Crippen LogP contribution in [0.3, 0.4) is 0 Å². The third-order valence-electron chi connectivity index (χ3n) is 8.31. The zero-order chi connectivity index (χ0) is 29.6. The number of nitriles is 1. The van der Waals surface area contributed by atoms with Crippen LogP contribution in [0.2, 0.25) is 5.02 Å². The average Bonchev–Trinajstić information content (AvgIpc) is 2.90. The normalized spacial score (nSPS) is 18.4. The molecule has 0 saturated heterocycles. The Morgan fingerprint density at radius 3 is 2.44 bits per heavy atom. The second kappa shape index (κ2) is 11.1. The van der Waals surface area contributed by atoms with Crippen molar-refractivity contribution in [3.8, 4) is 6.07 Å². The Hall–Kier alpha value is -3.46. The monoisotopic (exact) mass is 581 g/mol. The van der Waals surface area contributed by atoms with E-state index in [2.05, 4.69) is 77.1 Å². The number of benzene rings is 3. The summed E-state index contributed by atoms with van der Waals surface area (Å²) in [5.74, 6) is 0.707. The molecule has 0 saturated carbocycles. The molecule has 2 N–H and O–H groups in total. The van der Waals surface area contributed by atoms with Gasteiger partial charge in [-0.2, -0.15) is 5.26 Å². The summed E-state index contributed by atoms with van der Waals surface area (Å²) >= 11 is 8.32. The van der Waals surface area contributed by atoms with Gasteiger partial charge in [0.15, 0.2) is 5.78 Å². The van der Waals surface area contributed by atoms with Crippen LogP contribution in [0.4, 0.5) is 5.69 Å². The van der Waals surface area contributed by atoms with Crippen LogP contribution in [-0.4, -0.2) is 5.78 Å². The fourth-order valence-corrected chi connectivity index (χ4v) is 7.24. The number of allylic oxidation sites excluding steroid dienone is 3. The SMILES string of the molecule is Cc1ccc(SCc2cc(C3C(C#N)=C(N)N(c4cccc(Cl)c4C)C4=C3C(=O)CC(C)(C)C4)c(C)cc2C)cc1. The van der Waals surface area contributed by atoms with Crippen molar-refractivity contribution in [3.63, 3.8) is 0 Å². The molecule has 1 aliphatic carbocycles. The highest BCUT2D eigenvalue weighted by Crippen LogP contribution is 2.51. The van der Waals surface area contributed by atoms with Crippen LogP contribution < -0.4 is 10.6 Å². The lowest BCUT2D eigenvalue weighted by molar-refractivity contribution is -0.118. The number of rotatable bonds is 5. The van der Waals surface area contributed by atoms with E-state index in [0.29, 0.717) is 34.8 Å². The van der Waals surface area contributed by atoms with E-state index in [1.54, 1.807) is 11.8 Å². The number of ketones is 1. The van der Waals surface area contributed by atoms with Crippen LogP contribution in [0.5, 0.6) is 0 Å². The summed E-state index contributed by atoms with van der Waals surface area (Å²) in [5, 5.41) is 11.2. The van der Waals surface area contributed by atoms with Gasteiger partial charge in [0.2, 0.25) is 0 Å². The fourth-order valence-electron chi connectivity index (χ4n) is 6.11. The fraction of sp³-hybridized carbons (Fsp3) is 0.314. The molecule has 210 valence electrons. The molecule has 1 unspecified atom stereocenters. The van der Waals surface area contributed by atoms with Gasteiger partial charge in [-0.25, -0.2) is 0 Å². The van der Waals surface area contributed by atoms with E-state index in [-0.39, 0.29) is 11.2 Å². The summed E-state index contributed by atoms with van der Waals surface area (Å²) in [7, 11) is 0. The Kier molecular flexibility index (Phi) is 7.85.